The van der Waals surface area contributed by atoms with Crippen LogP contribution in [-0.4, -0.2) is 58.9 Å². The molecule has 0 spiro atoms. The van der Waals surface area contributed by atoms with Gasteiger partial charge in [-0.25, -0.2) is 9.37 Å². The zero-order valence-corrected chi connectivity index (χ0v) is 19.9. The summed E-state index contributed by atoms with van der Waals surface area (Å²) in [6.45, 7) is 2.79. The molecule has 2 saturated heterocycles. The summed E-state index contributed by atoms with van der Waals surface area (Å²) in [7, 11) is 0. The van der Waals surface area contributed by atoms with Crippen LogP contribution in [0.25, 0.3) is 5.65 Å². The lowest BCUT2D eigenvalue weighted by molar-refractivity contribution is -0.118. The molecule has 0 saturated carbocycles. The van der Waals surface area contributed by atoms with Crippen molar-refractivity contribution < 1.29 is 19.1 Å². The minimum atomic E-state index is -0.757. The van der Waals surface area contributed by atoms with Crippen LogP contribution in [0.15, 0.2) is 41.3 Å². The van der Waals surface area contributed by atoms with Crippen molar-refractivity contribution in [3.8, 4) is 5.75 Å². The van der Waals surface area contributed by atoms with Gasteiger partial charge >= 0.3 is 5.56 Å². The summed E-state index contributed by atoms with van der Waals surface area (Å²) in [6.07, 6.45) is 5.10. The number of ketones is 1. The SMILES string of the molecule is O=C(CCc1ccc(F)cc1)c1nc2c(N3CCNCC3=O)cc(N3CCCCC3)cn2c(=O)c1O. The number of nitrogens with zero attached hydrogens (tertiary/aromatic N) is 4. The third kappa shape index (κ3) is 4.68. The first-order valence-corrected chi connectivity index (χ1v) is 12.3. The first-order chi connectivity index (χ1) is 17.4. The van der Waals surface area contributed by atoms with E-state index in [0.29, 0.717) is 25.2 Å². The topological polar surface area (TPSA) is 107 Å². The van der Waals surface area contributed by atoms with E-state index in [1.165, 1.54) is 16.5 Å². The second kappa shape index (κ2) is 10.1. The Kier molecular flexibility index (Phi) is 6.69. The summed E-state index contributed by atoms with van der Waals surface area (Å²) >= 11 is 0. The maximum atomic E-state index is 13.3. The van der Waals surface area contributed by atoms with Gasteiger partial charge in [-0.15, -0.1) is 0 Å². The van der Waals surface area contributed by atoms with Crippen LogP contribution in [0.2, 0.25) is 0 Å². The van der Waals surface area contributed by atoms with Gasteiger partial charge in [0.05, 0.1) is 17.9 Å². The molecule has 0 unspecified atom stereocenters. The second-order valence-corrected chi connectivity index (χ2v) is 9.21. The monoisotopic (exact) mass is 493 g/mol. The highest BCUT2D eigenvalue weighted by molar-refractivity contribution is 6.01. The molecule has 2 aromatic heterocycles. The molecular formula is C26H28FN5O4. The van der Waals surface area contributed by atoms with Gasteiger partial charge in [0, 0.05) is 38.8 Å². The Hall–Kier alpha value is -3.79. The van der Waals surface area contributed by atoms with Crippen molar-refractivity contribution in [1.82, 2.24) is 14.7 Å². The number of carbonyl (C=O) groups excluding carboxylic acids is 2. The van der Waals surface area contributed by atoms with Crippen molar-refractivity contribution in [2.45, 2.75) is 32.1 Å². The molecule has 2 N–H and O–H groups in total. The molecule has 1 amide bonds. The van der Waals surface area contributed by atoms with Gasteiger partial charge in [-0.3, -0.25) is 18.8 Å². The second-order valence-electron chi connectivity index (χ2n) is 9.21. The maximum Gasteiger partial charge on any atom is 0.300 e. The normalized spacial score (nSPS) is 16.5. The number of aromatic hydroxyl groups is 1. The fraction of sp³-hybridized carbons (Fsp3) is 0.385. The molecule has 0 bridgehead atoms. The molecule has 10 heteroatoms. The molecule has 1 aromatic carbocycles. The van der Waals surface area contributed by atoms with Gasteiger partial charge in [0.25, 0.3) is 0 Å². The molecule has 188 valence electrons. The number of halogens is 1. The number of piperidine rings is 1. The molecule has 2 fully saturated rings. The van der Waals surface area contributed by atoms with E-state index in [2.05, 4.69) is 15.2 Å². The van der Waals surface area contributed by atoms with Crippen molar-refractivity contribution in [2.75, 3.05) is 42.5 Å². The van der Waals surface area contributed by atoms with Crippen LogP contribution in [0.3, 0.4) is 0 Å². The number of amides is 1. The van der Waals surface area contributed by atoms with Gasteiger partial charge in [0.15, 0.2) is 17.1 Å². The number of fused-ring (bicyclic) bond motifs is 1. The molecular weight excluding hydrogens is 465 g/mol. The van der Waals surface area contributed by atoms with E-state index in [1.807, 2.05) is 6.07 Å². The lowest BCUT2D eigenvalue weighted by atomic mass is 10.1. The van der Waals surface area contributed by atoms with Crippen LogP contribution >= 0.6 is 0 Å². The van der Waals surface area contributed by atoms with E-state index in [-0.39, 0.29) is 36.0 Å². The lowest BCUT2D eigenvalue weighted by Crippen LogP contribution is -2.48. The molecule has 3 aromatic rings. The van der Waals surface area contributed by atoms with E-state index in [0.717, 1.165) is 43.6 Å². The van der Waals surface area contributed by atoms with Crippen LogP contribution in [0.1, 0.15) is 41.7 Å². The van der Waals surface area contributed by atoms with Crippen molar-refractivity contribution >= 4 is 28.7 Å². The Labute approximate surface area is 207 Å². The first-order valence-electron chi connectivity index (χ1n) is 12.3. The Morgan fingerprint density at radius 3 is 2.56 bits per heavy atom. The first kappa shape index (κ1) is 23.9. The van der Waals surface area contributed by atoms with Crippen LogP contribution in [0.5, 0.6) is 5.75 Å². The number of hydrogen-bond donors (Lipinski definition) is 2. The number of pyridine rings is 1. The van der Waals surface area contributed by atoms with Crippen LogP contribution in [-0.2, 0) is 11.2 Å². The van der Waals surface area contributed by atoms with Crippen molar-refractivity contribution in [3.63, 3.8) is 0 Å². The molecule has 5 rings (SSSR count). The zero-order chi connectivity index (χ0) is 25.2. The summed E-state index contributed by atoms with van der Waals surface area (Å²) < 4.78 is 14.4. The highest BCUT2D eigenvalue weighted by Gasteiger charge is 2.27. The quantitative estimate of drug-likeness (QED) is 0.508. The molecule has 0 aliphatic carbocycles. The summed E-state index contributed by atoms with van der Waals surface area (Å²) in [6, 6.07) is 7.65. The van der Waals surface area contributed by atoms with Crippen LogP contribution < -0.4 is 20.7 Å². The largest absolute Gasteiger partial charge is 0.501 e. The Morgan fingerprint density at radius 2 is 1.83 bits per heavy atom. The smallest absolute Gasteiger partial charge is 0.300 e. The van der Waals surface area contributed by atoms with E-state index < -0.39 is 17.1 Å². The molecule has 0 atom stereocenters. The molecule has 2 aliphatic heterocycles. The highest BCUT2D eigenvalue weighted by atomic mass is 19.1. The average molecular weight is 494 g/mol. The van der Waals surface area contributed by atoms with Crippen molar-refractivity contribution in [3.05, 3.63) is 64.0 Å². The van der Waals surface area contributed by atoms with E-state index in [4.69, 9.17) is 0 Å². The number of piperazine rings is 1. The summed E-state index contributed by atoms with van der Waals surface area (Å²) in [4.78, 5) is 47.2. The molecule has 2 aliphatic rings. The minimum Gasteiger partial charge on any atom is -0.501 e. The van der Waals surface area contributed by atoms with Gasteiger partial charge in [-0.1, -0.05) is 12.1 Å². The third-order valence-corrected chi connectivity index (χ3v) is 6.79. The third-order valence-electron chi connectivity index (χ3n) is 6.79. The van der Waals surface area contributed by atoms with Crippen molar-refractivity contribution in [1.29, 1.82) is 0 Å². The van der Waals surface area contributed by atoms with E-state index in [1.54, 1.807) is 23.2 Å². The lowest BCUT2D eigenvalue weighted by Gasteiger charge is -2.32. The van der Waals surface area contributed by atoms with Crippen molar-refractivity contribution in [2.24, 2.45) is 0 Å². The van der Waals surface area contributed by atoms with Crippen LogP contribution in [0, 0.1) is 5.82 Å². The number of rotatable bonds is 6. The number of hydrogen-bond acceptors (Lipinski definition) is 7. The zero-order valence-electron chi connectivity index (χ0n) is 19.9. The predicted molar refractivity (Wildman–Crippen MR) is 133 cm³/mol. The number of aromatic nitrogens is 2. The fourth-order valence-electron chi connectivity index (χ4n) is 4.81. The highest BCUT2D eigenvalue weighted by Crippen LogP contribution is 2.30. The summed E-state index contributed by atoms with van der Waals surface area (Å²) in [5, 5.41) is 13.7. The maximum absolute atomic E-state index is 13.3. The summed E-state index contributed by atoms with van der Waals surface area (Å²) in [5.41, 5.74) is 1.03. The molecule has 4 heterocycles. The van der Waals surface area contributed by atoms with Gasteiger partial charge in [-0.2, -0.15) is 0 Å². The number of anilines is 2. The molecule has 0 radical (unpaired) electrons. The van der Waals surface area contributed by atoms with E-state index >= 15 is 0 Å². The molecule has 36 heavy (non-hydrogen) atoms. The Bertz CT molecular complexity index is 1370. The average Bonchev–Trinajstić information content (AvgIpc) is 2.90. The number of benzene rings is 1. The standard InChI is InChI=1S/C26H28FN5O4/c27-18-7-4-17(5-8-18)6-9-21(33)23-24(35)26(36)32-16-19(30-11-2-1-3-12-30)14-20(25(32)29-23)31-13-10-28-15-22(31)34/h4-5,7-8,14,16,28,35H,1-3,6,9-13,15H2. The fourth-order valence-corrected chi connectivity index (χ4v) is 4.81. The number of nitrogens with one attached hydrogen (secondary N) is 1. The Balaban J connectivity index is 1.57. The van der Waals surface area contributed by atoms with Gasteiger partial charge in [-0.05, 0) is 49.4 Å². The number of aryl methyl sites for hydroxylation is 1. The molecule has 9 nitrogen and oxygen atoms in total. The van der Waals surface area contributed by atoms with Gasteiger partial charge in [0.1, 0.15) is 5.82 Å². The number of carbonyl (C=O) groups is 2. The Morgan fingerprint density at radius 1 is 1.08 bits per heavy atom. The van der Waals surface area contributed by atoms with E-state index in [9.17, 15) is 23.9 Å². The van der Waals surface area contributed by atoms with Gasteiger partial charge in [0.2, 0.25) is 11.7 Å². The number of Topliss-reactive ketones (excluding diaryl/α,β-unsaturated/α-hetero) is 1. The van der Waals surface area contributed by atoms with Gasteiger partial charge < -0.3 is 20.2 Å². The minimum absolute atomic E-state index is 0.0183. The summed E-state index contributed by atoms with van der Waals surface area (Å²) in [5.74, 6) is -1.75. The predicted octanol–water partition coefficient (Wildman–Crippen LogP) is 2.28. The van der Waals surface area contributed by atoms with Crippen LogP contribution in [0.4, 0.5) is 15.8 Å².